The lowest BCUT2D eigenvalue weighted by Gasteiger charge is -2.18. The van der Waals surface area contributed by atoms with E-state index in [1.807, 2.05) is 0 Å². The van der Waals surface area contributed by atoms with Crippen molar-refractivity contribution < 1.29 is 47.8 Å². The Hall–Kier alpha value is -2.82. The van der Waals surface area contributed by atoms with Crippen LogP contribution in [0.4, 0.5) is 0 Å². The van der Waals surface area contributed by atoms with Gasteiger partial charge in [0.15, 0.2) is 6.04 Å². The maximum atomic E-state index is 12.3. The van der Waals surface area contributed by atoms with Crippen molar-refractivity contribution in [2.75, 3.05) is 19.8 Å². The van der Waals surface area contributed by atoms with E-state index in [0.29, 0.717) is 12.8 Å². The third kappa shape index (κ3) is 45.7. The maximum Gasteiger partial charge on any atom is 0.472 e. The van der Waals surface area contributed by atoms with Gasteiger partial charge in [-0.15, -0.1) is 0 Å². The second kappa shape index (κ2) is 46.7. The highest BCUT2D eigenvalue weighted by molar-refractivity contribution is 7.47. The molecule has 3 atom stereocenters. The zero-order chi connectivity index (χ0) is 47.0. The first-order valence-corrected chi connectivity index (χ1v) is 26.8. The summed E-state index contributed by atoms with van der Waals surface area (Å²) < 4.78 is 26.9. The standard InChI is InChI=1S/C52H92NO10P/c1-3-5-7-9-11-13-15-17-19-21-22-23-24-25-26-28-30-32-34-36-38-40-42-44-51(56)61-45-48(54)46-62-64(59,60)63-47-49(52(57)58)53-50(55)43-41-39-37-35-33-31-29-27-20-18-16-14-12-10-8-6-4-2/h6,8,11-14,17-20,48-49,54H,3-5,7,9-10,15-16,21-47H2,1-2H3,(H,53,55)(H,57,58)(H,59,60)/b8-6-,13-11-,14-12-,19-17-,20-18-. The predicted octanol–water partition coefficient (Wildman–Crippen LogP) is 13.9. The van der Waals surface area contributed by atoms with E-state index in [-0.39, 0.29) is 12.8 Å². The van der Waals surface area contributed by atoms with Crippen molar-refractivity contribution >= 4 is 25.7 Å². The van der Waals surface area contributed by atoms with Gasteiger partial charge >= 0.3 is 19.8 Å². The minimum Gasteiger partial charge on any atom is -0.480 e. The molecule has 0 bridgehead atoms. The number of aliphatic hydroxyl groups excluding tert-OH is 1. The number of phosphoric ester groups is 1. The Bertz CT molecular complexity index is 1310. The second-order valence-electron chi connectivity index (χ2n) is 17.0. The topological polar surface area (TPSA) is 169 Å². The van der Waals surface area contributed by atoms with Gasteiger partial charge in [0.05, 0.1) is 13.2 Å². The van der Waals surface area contributed by atoms with Gasteiger partial charge in [-0.05, 0) is 77.0 Å². The van der Waals surface area contributed by atoms with Crippen LogP contribution in [0.5, 0.6) is 0 Å². The molecule has 0 aromatic heterocycles. The van der Waals surface area contributed by atoms with Gasteiger partial charge in [0, 0.05) is 12.8 Å². The van der Waals surface area contributed by atoms with Crippen molar-refractivity contribution in [3.8, 4) is 0 Å². The van der Waals surface area contributed by atoms with Crippen molar-refractivity contribution in [2.24, 2.45) is 0 Å². The Morgan fingerprint density at radius 1 is 0.516 bits per heavy atom. The molecule has 0 aliphatic heterocycles. The number of carboxylic acids is 1. The van der Waals surface area contributed by atoms with Gasteiger partial charge in [-0.2, -0.15) is 0 Å². The normalized spacial score (nSPS) is 14.1. The van der Waals surface area contributed by atoms with Crippen LogP contribution in [0.1, 0.15) is 219 Å². The number of amides is 1. The van der Waals surface area contributed by atoms with E-state index in [0.717, 1.165) is 89.9 Å². The lowest BCUT2D eigenvalue weighted by Crippen LogP contribution is -2.43. The summed E-state index contributed by atoms with van der Waals surface area (Å²) in [5.74, 6) is -2.39. The number of nitrogens with one attached hydrogen (secondary N) is 1. The van der Waals surface area contributed by atoms with Gasteiger partial charge in [0.1, 0.15) is 12.7 Å². The molecule has 0 aromatic carbocycles. The Balaban J connectivity index is 3.82. The fourth-order valence-electron chi connectivity index (χ4n) is 6.89. The molecule has 0 saturated carbocycles. The quantitative estimate of drug-likeness (QED) is 0.0199. The molecule has 0 fully saturated rings. The van der Waals surface area contributed by atoms with E-state index in [4.69, 9.17) is 13.8 Å². The molecule has 0 rings (SSSR count). The molecule has 0 saturated heterocycles. The Kier molecular flexibility index (Phi) is 44.6. The van der Waals surface area contributed by atoms with E-state index < -0.39 is 57.6 Å². The molecule has 1 amide bonds. The van der Waals surface area contributed by atoms with E-state index in [2.05, 4.69) is 79.9 Å². The van der Waals surface area contributed by atoms with Crippen LogP contribution >= 0.6 is 7.82 Å². The number of phosphoric acid groups is 1. The molecule has 12 heteroatoms. The third-order valence-electron chi connectivity index (χ3n) is 10.8. The van der Waals surface area contributed by atoms with Crippen molar-refractivity contribution in [2.45, 2.75) is 231 Å². The summed E-state index contributed by atoms with van der Waals surface area (Å²) in [4.78, 5) is 46.1. The number of carbonyl (C=O) groups excluding carboxylic acids is 2. The smallest absolute Gasteiger partial charge is 0.472 e. The van der Waals surface area contributed by atoms with Gasteiger partial charge in [-0.1, -0.05) is 190 Å². The molecular formula is C52H92NO10P. The summed E-state index contributed by atoms with van der Waals surface area (Å²) in [5, 5.41) is 21.9. The van der Waals surface area contributed by atoms with Gasteiger partial charge in [0.2, 0.25) is 5.91 Å². The number of aliphatic carboxylic acids is 1. The van der Waals surface area contributed by atoms with Gasteiger partial charge in [-0.25, -0.2) is 9.36 Å². The first-order chi connectivity index (χ1) is 31.1. The van der Waals surface area contributed by atoms with E-state index in [1.165, 1.54) is 89.9 Å². The van der Waals surface area contributed by atoms with Crippen molar-refractivity contribution in [1.29, 1.82) is 0 Å². The summed E-state index contributed by atoms with van der Waals surface area (Å²) in [5.41, 5.74) is 0. The zero-order valence-corrected chi connectivity index (χ0v) is 41.2. The van der Waals surface area contributed by atoms with Crippen molar-refractivity contribution in [3.63, 3.8) is 0 Å². The zero-order valence-electron chi connectivity index (χ0n) is 40.3. The van der Waals surface area contributed by atoms with Crippen LogP contribution < -0.4 is 5.32 Å². The Morgan fingerprint density at radius 3 is 1.36 bits per heavy atom. The molecule has 64 heavy (non-hydrogen) atoms. The molecule has 370 valence electrons. The van der Waals surface area contributed by atoms with E-state index >= 15 is 0 Å². The van der Waals surface area contributed by atoms with Crippen LogP contribution in [0.2, 0.25) is 0 Å². The van der Waals surface area contributed by atoms with E-state index in [9.17, 15) is 34.1 Å². The summed E-state index contributed by atoms with van der Waals surface area (Å²) >= 11 is 0. The number of hydrogen-bond acceptors (Lipinski definition) is 8. The van der Waals surface area contributed by atoms with Crippen LogP contribution in [0, 0.1) is 0 Å². The molecule has 0 aromatic rings. The molecule has 0 radical (unpaired) electrons. The van der Waals surface area contributed by atoms with Crippen LogP contribution in [0.3, 0.4) is 0 Å². The summed E-state index contributed by atoms with van der Waals surface area (Å²) in [6.07, 6.45) is 55.3. The molecule has 0 heterocycles. The highest BCUT2D eigenvalue weighted by atomic mass is 31.2. The van der Waals surface area contributed by atoms with Crippen molar-refractivity contribution in [1.82, 2.24) is 5.32 Å². The molecule has 0 spiro atoms. The lowest BCUT2D eigenvalue weighted by atomic mass is 10.0. The highest BCUT2D eigenvalue weighted by Crippen LogP contribution is 2.43. The number of rotatable bonds is 47. The first-order valence-electron chi connectivity index (χ1n) is 25.3. The highest BCUT2D eigenvalue weighted by Gasteiger charge is 2.28. The third-order valence-corrected chi connectivity index (χ3v) is 11.7. The Labute approximate surface area is 389 Å². The average molecular weight is 922 g/mol. The molecule has 11 nitrogen and oxygen atoms in total. The van der Waals surface area contributed by atoms with Gasteiger partial charge in [-0.3, -0.25) is 18.6 Å². The van der Waals surface area contributed by atoms with Crippen LogP contribution in [0.15, 0.2) is 60.8 Å². The first kappa shape index (κ1) is 61.2. The number of hydrogen-bond donors (Lipinski definition) is 4. The number of esters is 1. The average Bonchev–Trinajstić information content (AvgIpc) is 3.27. The minimum atomic E-state index is -4.77. The van der Waals surface area contributed by atoms with E-state index in [1.54, 1.807) is 0 Å². The molecule has 0 aliphatic carbocycles. The fraction of sp³-hybridized carbons (Fsp3) is 0.750. The van der Waals surface area contributed by atoms with Crippen LogP contribution in [-0.4, -0.2) is 64.9 Å². The van der Waals surface area contributed by atoms with Crippen LogP contribution in [0.25, 0.3) is 0 Å². The number of allylic oxidation sites excluding steroid dienone is 10. The minimum absolute atomic E-state index is 0.133. The molecule has 0 aliphatic rings. The predicted molar refractivity (Wildman–Crippen MR) is 263 cm³/mol. The maximum absolute atomic E-state index is 12.3. The largest absolute Gasteiger partial charge is 0.480 e. The summed E-state index contributed by atoms with van der Waals surface area (Å²) in [7, 11) is -4.77. The van der Waals surface area contributed by atoms with Crippen molar-refractivity contribution in [3.05, 3.63) is 60.8 Å². The monoisotopic (exact) mass is 922 g/mol. The fourth-order valence-corrected chi connectivity index (χ4v) is 7.66. The summed E-state index contributed by atoms with van der Waals surface area (Å²) in [6.45, 7) is 2.47. The van der Waals surface area contributed by atoms with Crippen LogP contribution in [-0.2, 0) is 32.7 Å². The second-order valence-corrected chi connectivity index (χ2v) is 18.4. The summed E-state index contributed by atoms with van der Waals surface area (Å²) in [6, 6.07) is -1.55. The number of ether oxygens (including phenoxy) is 1. The lowest BCUT2D eigenvalue weighted by molar-refractivity contribution is -0.147. The molecule has 3 unspecified atom stereocenters. The van der Waals surface area contributed by atoms with Gasteiger partial charge in [0.25, 0.3) is 0 Å². The van der Waals surface area contributed by atoms with Gasteiger partial charge < -0.3 is 25.2 Å². The SMILES string of the molecule is CC/C=C\C/C=C\C/C=C\CCCCCCCCCC(=O)NC(COP(=O)(O)OCC(O)COC(=O)CCCCCCCCCCCCCCC/C=C\C/C=C\CCCCC)C(=O)O. The molecule has 4 N–H and O–H groups in total. The molecular weight excluding hydrogens is 830 g/mol. The number of carbonyl (C=O) groups is 3. The Morgan fingerprint density at radius 2 is 0.906 bits per heavy atom. The number of carboxylic acid groups (broad SMARTS) is 1. The number of aliphatic hydroxyl groups is 1. The number of unbranched alkanes of at least 4 members (excludes halogenated alkanes) is 23.